The van der Waals surface area contributed by atoms with Crippen LogP contribution in [-0.2, 0) is 0 Å². The highest BCUT2D eigenvalue weighted by Crippen LogP contribution is 2.25. The Hall–Kier alpha value is -3.41. The number of carbonyl (C=O) groups excluding carboxylic acids is 1. The molecule has 1 aliphatic heterocycles. The van der Waals surface area contributed by atoms with Crippen molar-refractivity contribution in [3.05, 3.63) is 66.5 Å². The van der Waals surface area contributed by atoms with Gasteiger partial charge in [0.2, 0.25) is 5.95 Å². The maximum atomic E-state index is 12.7. The summed E-state index contributed by atoms with van der Waals surface area (Å²) in [6, 6.07) is 14.8. The Labute approximate surface area is 164 Å². The van der Waals surface area contributed by atoms with E-state index in [0.717, 1.165) is 30.2 Å². The number of methoxy groups -OCH3 is 1. The zero-order valence-electron chi connectivity index (χ0n) is 15.8. The first kappa shape index (κ1) is 18.0. The topological polar surface area (TPSA) is 67.3 Å². The van der Waals surface area contributed by atoms with Crippen molar-refractivity contribution in [1.82, 2.24) is 9.97 Å². The van der Waals surface area contributed by atoms with Gasteiger partial charge in [-0.1, -0.05) is 24.3 Å². The lowest BCUT2D eigenvalue weighted by molar-refractivity contribution is 0.102. The minimum absolute atomic E-state index is 0.194. The third-order valence-corrected chi connectivity index (χ3v) is 4.84. The molecule has 2 aromatic carbocycles. The molecule has 142 valence electrons. The normalized spacial score (nSPS) is 13.4. The molecule has 1 saturated heterocycles. The Morgan fingerprint density at radius 2 is 1.75 bits per heavy atom. The van der Waals surface area contributed by atoms with Crippen LogP contribution in [0.4, 0.5) is 11.6 Å². The number of rotatable bonds is 5. The first-order valence-electron chi connectivity index (χ1n) is 9.36. The number of carbonyl (C=O) groups is 1. The van der Waals surface area contributed by atoms with E-state index in [4.69, 9.17) is 4.74 Å². The van der Waals surface area contributed by atoms with E-state index >= 15 is 0 Å². The van der Waals surface area contributed by atoms with Crippen LogP contribution in [0.15, 0.2) is 60.9 Å². The number of amides is 1. The van der Waals surface area contributed by atoms with Crippen molar-refractivity contribution in [3.63, 3.8) is 0 Å². The van der Waals surface area contributed by atoms with Crippen LogP contribution in [0, 0.1) is 0 Å². The predicted octanol–water partition coefficient (Wildman–Crippen LogP) is 4.00. The van der Waals surface area contributed by atoms with E-state index in [1.54, 1.807) is 13.2 Å². The van der Waals surface area contributed by atoms with Crippen LogP contribution in [0.2, 0.25) is 0 Å². The molecule has 0 aliphatic carbocycles. The summed E-state index contributed by atoms with van der Waals surface area (Å²) in [6.07, 6.45) is 6.01. The molecule has 6 heteroatoms. The molecule has 6 nitrogen and oxygen atoms in total. The van der Waals surface area contributed by atoms with E-state index in [9.17, 15) is 4.79 Å². The summed E-state index contributed by atoms with van der Waals surface area (Å²) in [5.41, 5.74) is 2.99. The molecule has 0 atom stereocenters. The third kappa shape index (κ3) is 3.81. The lowest BCUT2D eigenvalue weighted by Crippen LogP contribution is -2.20. The van der Waals surface area contributed by atoms with E-state index in [1.807, 2.05) is 54.9 Å². The van der Waals surface area contributed by atoms with Crippen LogP contribution in [0.3, 0.4) is 0 Å². The van der Waals surface area contributed by atoms with Crippen LogP contribution < -0.4 is 15.0 Å². The molecule has 0 unspecified atom stereocenters. The largest absolute Gasteiger partial charge is 0.495 e. The number of para-hydroxylation sites is 2. The van der Waals surface area contributed by atoms with Crippen molar-refractivity contribution in [2.75, 3.05) is 30.4 Å². The molecule has 28 heavy (non-hydrogen) atoms. The highest BCUT2D eigenvalue weighted by Gasteiger charge is 2.15. The summed E-state index contributed by atoms with van der Waals surface area (Å²) < 4.78 is 5.29. The summed E-state index contributed by atoms with van der Waals surface area (Å²) in [7, 11) is 1.58. The SMILES string of the molecule is COc1ccccc1NC(=O)c1cccc(-c2cnc(N3CCCC3)nc2)c1. The Morgan fingerprint density at radius 3 is 2.50 bits per heavy atom. The van der Waals surface area contributed by atoms with Crippen molar-refractivity contribution < 1.29 is 9.53 Å². The van der Waals surface area contributed by atoms with Gasteiger partial charge in [0.05, 0.1) is 12.8 Å². The molecule has 4 rings (SSSR count). The summed E-state index contributed by atoms with van der Waals surface area (Å²) >= 11 is 0. The monoisotopic (exact) mass is 374 g/mol. The van der Waals surface area contributed by atoms with E-state index < -0.39 is 0 Å². The van der Waals surface area contributed by atoms with Gasteiger partial charge in [-0.25, -0.2) is 9.97 Å². The lowest BCUT2D eigenvalue weighted by Gasteiger charge is -2.14. The average Bonchev–Trinajstić information content (AvgIpc) is 3.29. The van der Waals surface area contributed by atoms with Gasteiger partial charge in [0, 0.05) is 36.6 Å². The second-order valence-electron chi connectivity index (χ2n) is 6.70. The number of nitrogens with zero attached hydrogens (tertiary/aromatic N) is 3. The number of aromatic nitrogens is 2. The zero-order chi connectivity index (χ0) is 19.3. The fraction of sp³-hybridized carbons (Fsp3) is 0.227. The minimum atomic E-state index is -0.194. The van der Waals surface area contributed by atoms with Crippen LogP contribution in [0.1, 0.15) is 23.2 Å². The maximum Gasteiger partial charge on any atom is 0.255 e. The van der Waals surface area contributed by atoms with Gasteiger partial charge in [-0.05, 0) is 42.7 Å². The second-order valence-corrected chi connectivity index (χ2v) is 6.70. The average molecular weight is 374 g/mol. The van der Waals surface area contributed by atoms with Gasteiger partial charge < -0.3 is 15.0 Å². The first-order chi connectivity index (χ1) is 13.7. The second kappa shape index (κ2) is 8.08. The van der Waals surface area contributed by atoms with E-state index in [0.29, 0.717) is 17.0 Å². The smallest absolute Gasteiger partial charge is 0.255 e. The van der Waals surface area contributed by atoms with Gasteiger partial charge in [0.25, 0.3) is 5.91 Å². The van der Waals surface area contributed by atoms with E-state index in [1.165, 1.54) is 12.8 Å². The van der Waals surface area contributed by atoms with Crippen molar-refractivity contribution in [2.45, 2.75) is 12.8 Å². The van der Waals surface area contributed by atoms with Gasteiger partial charge >= 0.3 is 0 Å². The van der Waals surface area contributed by atoms with E-state index in [2.05, 4.69) is 20.2 Å². The number of ether oxygens (including phenoxy) is 1. The maximum absolute atomic E-state index is 12.7. The van der Waals surface area contributed by atoms with Gasteiger partial charge in [-0.3, -0.25) is 4.79 Å². The zero-order valence-corrected chi connectivity index (χ0v) is 15.8. The summed E-state index contributed by atoms with van der Waals surface area (Å²) in [4.78, 5) is 23.9. The highest BCUT2D eigenvalue weighted by molar-refractivity contribution is 6.05. The Kier molecular flexibility index (Phi) is 5.19. The number of hydrogen-bond acceptors (Lipinski definition) is 5. The highest BCUT2D eigenvalue weighted by atomic mass is 16.5. The molecule has 1 fully saturated rings. The molecule has 2 heterocycles. The molecule has 1 aromatic heterocycles. The molecule has 1 N–H and O–H groups in total. The first-order valence-corrected chi connectivity index (χ1v) is 9.36. The van der Waals surface area contributed by atoms with Gasteiger partial charge in [0.1, 0.15) is 5.75 Å². The number of nitrogens with one attached hydrogen (secondary N) is 1. The van der Waals surface area contributed by atoms with Gasteiger partial charge in [-0.2, -0.15) is 0 Å². The number of benzene rings is 2. The summed E-state index contributed by atoms with van der Waals surface area (Å²) in [5, 5.41) is 2.90. The van der Waals surface area contributed by atoms with Crippen molar-refractivity contribution >= 4 is 17.5 Å². The molecular weight excluding hydrogens is 352 g/mol. The molecule has 0 saturated carbocycles. The third-order valence-electron chi connectivity index (χ3n) is 4.84. The van der Waals surface area contributed by atoms with Crippen molar-refractivity contribution in [3.8, 4) is 16.9 Å². The molecule has 0 spiro atoms. The van der Waals surface area contributed by atoms with Crippen LogP contribution in [-0.4, -0.2) is 36.1 Å². The molecular formula is C22H22N4O2. The van der Waals surface area contributed by atoms with Crippen LogP contribution >= 0.6 is 0 Å². The molecule has 3 aromatic rings. The summed E-state index contributed by atoms with van der Waals surface area (Å²) in [5.74, 6) is 1.20. The predicted molar refractivity (Wildman–Crippen MR) is 110 cm³/mol. The number of hydrogen-bond donors (Lipinski definition) is 1. The standard InChI is InChI=1S/C22H22N4O2/c1-28-20-10-3-2-9-19(20)25-21(27)17-8-6-7-16(13-17)18-14-23-22(24-15-18)26-11-4-5-12-26/h2-3,6-10,13-15H,4-5,11-12H2,1H3,(H,25,27). The Balaban J connectivity index is 1.53. The molecule has 0 bridgehead atoms. The summed E-state index contributed by atoms with van der Waals surface area (Å²) in [6.45, 7) is 2.02. The fourth-order valence-corrected chi connectivity index (χ4v) is 3.33. The van der Waals surface area contributed by atoms with Gasteiger partial charge in [-0.15, -0.1) is 0 Å². The van der Waals surface area contributed by atoms with Crippen LogP contribution in [0.5, 0.6) is 5.75 Å². The fourth-order valence-electron chi connectivity index (χ4n) is 3.33. The van der Waals surface area contributed by atoms with Crippen molar-refractivity contribution in [2.24, 2.45) is 0 Å². The van der Waals surface area contributed by atoms with E-state index in [-0.39, 0.29) is 5.91 Å². The van der Waals surface area contributed by atoms with Crippen molar-refractivity contribution in [1.29, 1.82) is 0 Å². The number of anilines is 2. The molecule has 1 amide bonds. The quantitative estimate of drug-likeness (QED) is 0.731. The molecule has 0 radical (unpaired) electrons. The minimum Gasteiger partial charge on any atom is -0.495 e. The Morgan fingerprint density at radius 1 is 1.00 bits per heavy atom. The Bertz CT molecular complexity index is 966. The lowest BCUT2D eigenvalue weighted by atomic mass is 10.1. The van der Waals surface area contributed by atoms with Crippen LogP contribution in [0.25, 0.3) is 11.1 Å². The van der Waals surface area contributed by atoms with Gasteiger partial charge in [0.15, 0.2) is 0 Å². The molecule has 1 aliphatic rings.